The number of H-pyrrole nitrogens is 1. The standard InChI is InChI=1S/C65H90N14O13/c1-35(2)28-46-59(86)77-51(31-38-14-8-7-9-15-38)65(92)79-27-13-19-52(79)63(90)76-47(29-36(3)4)58(85)74-49(32-40-34-69-43-17-11-10-16-42(40)43)60(87)75-50(33-54(68)82)61(88)70-45(24-25-53(67)81)57(84)73-48(30-39-20-22-41(80)23-21-39)62(89)78-55(37(5)6)64(91)71-44(18-12-26-66)56(83)72-46/h7-11,14-17,20-23,34-37,44-52,55,69,80H,12-13,18-19,24-33,66H2,1-6H3,(H2,67,81)(H2,68,82)(H,70,88)(H,71,91)(H,72,83)(H,73,84)(H,74,85)(H,75,87)(H,76,90)(H,77,86)(H,78,89)/t44-,45-,46-,47-,48-,49+,50-,51+,52-,55-/m0/s1. The molecule has 3 aromatic carbocycles. The SMILES string of the molecule is CC(C)C[C@@H]1NC(=O)[C@H](CCCN)NC(=O)[C@H](C(C)C)NC(=O)[C@H](Cc2ccc(O)cc2)NC(=O)[C@H](CCC(N)=O)NC(=O)[C@H](CC(N)=O)NC(=O)[C@@H](Cc2c[nH]c3ccccc23)NC(=O)[C@H](CC(C)C)NC(=O)[C@@H]2CCCN2C(=O)[C@@H](Cc2ccccc2)NC1=O. The number of fused-ring (bicyclic) bond motifs is 2. The van der Waals surface area contributed by atoms with E-state index in [2.05, 4.69) is 52.8 Å². The van der Waals surface area contributed by atoms with Crippen LogP contribution in [0.4, 0.5) is 0 Å². The molecule has 0 spiro atoms. The maximum Gasteiger partial charge on any atom is 0.246 e. The number of carbonyl (C=O) groups is 12. The number of para-hydroxylation sites is 1. The van der Waals surface area contributed by atoms with E-state index in [-0.39, 0.29) is 82.0 Å². The first-order valence-corrected chi connectivity index (χ1v) is 31.4. The highest BCUT2D eigenvalue weighted by Crippen LogP contribution is 2.23. The van der Waals surface area contributed by atoms with Gasteiger partial charge in [0.05, 0.1) is 6.42 Å². The second-order valence-corrected chi connectivity index (χ2v) is 24.9. The molecule has 3 heterocycles. The van der Waals surface area contributed by atoms with Crippen molar-refractivity contribution >= 4 is 81.8 Å². The number of phenolic OH excluding ortho intramolecular Hbond substituents is 1. The normalized spacial score (nSPS) is 24.1. The Kier molecular flexibility index (Phi) is 26.6. The van der Waals surface area contributed by atoms with E-state index < -0.39 is 156 Å². The second kappa shape index (κ2) is 34.1. The monoisotopic (exact) mass is 1270 g/mol. The molecule has 2 aliphatic rings. The molecule has 6 rings (SSSR count). The molecule has 498 valence electrons. The van der Waals surface area contributed by atoms with Crippen LogP contribution in [0.2, 0.25) is 0 Å². The Morgan fingerprint density at radius 2 is 1.00 bits per heavy atom. The Bertz CT molecular complexity index is 3260. The Hall–Kier alpha value is -9.40. The molecule has 27 nitrogen and oxygen atoms in total. The van der Waals surface area contributed by atoms with Crippen molar-refractivity contribution < 1.29 is 62.6 Å². The fraction of sp³-hybridized carbons (Fsp3) is 0.508. The molecule has 0 aliphatic carbocycles. The number of benzene rings is 3. The number of aromatic nitrogens is 1. The summed E-state index contributed by atoms with van der Waals surface area (Å²) in [4.78, 5) is 177. The van der Waals surface area contributed by atoms with Crippen LogP contribution in [0.1, 0.15) is 116 Å². The van der Waals surface area contributed by atoms with Crippen molar-refractivity contribution in [2.45, 2.75) is 179 Å². The van der Waals surface area contributed by atoms with Gasteiger partial charge in [-0.3, -0.25) is 57.5 Å². The summed E-state index contributed by atoms with van der Waals surface area (Å²) in [7, 11) is 0. The molecule has 27 heteroatoms. The van der Waals surface area contributed by atoms with Gasteiger partial charge in [-0.05, 0) is 104 Å². The molecule has 2 fully saturated rings. The van der Waals surface area contributed by atoms with Gasteiger partial charge in [-0.1, -0.05) is 102 Å². The summed E-state index contributed by atoms with van der Waals surface area (Å²) in [6.45, 7) is 10.7. The van der Waals surface area contributed by atoms with Crippen LogP contribution in [0, 0.1) is 17.8 Å². The van der Waals surface area contributed by atoms with Crippen molar-refractivity contribution in [3.63, 3.8) is 0 Å². The average Bonchev–Trinajstić information content (AvgIpc) is 1.77. The summed E-state index contributed by atoms with van der Waals surface area (Å²) in [6.07, 6.45) is 0.0637. The fourth-order valence-corrected chi connectivity index (χ4v) is 11.3. The highest BCUT2D eigenvalue weighted by atomic mass is 16.3. The van der Waals surface area contributed by atoms with Crippen molar-refractivity contribution in [2.75, 3.05) is 13.1 Å². The van der Waals surface area contributed by atoms with Crippen LogP contribution in [-0.4, -0.2) is 159 Å². The number of nitrogens with two attached hydrogens (primary N) is 3. The highest BCUT2D eigenvalue weighted by Gasteiger charge is 2.42. The van der Waals surface area contributed by atoms with Gasteiger partial charge in [0.2, 0.25) is 70.9 Å². The first-order chi connectivity index (χ1) is 43.7. The largest absolute Gasteiger partial charge is 0.508 e. The lowest BCUT2D eigenvalue weighted by Crippen LogP contribution is -2.62. The lowest BCUT2D eigenvalue weighted by Gasteiger charge is -2.32. The molecule has 17 N–H and O–H groups in total. The molecule has 2 aliphatic heterocycles. The zero-order valence-electron chi connectivity index (χ0n) is 53.0. The van der Waals surface area contributed by atoms with Gasteiger partial charge >= 0.3 is 0 Å². The van der Waals surface area contributed by atoms with Crippen LogP contribution in [0.3, 0.4) is 0 Å². The van der Waals surface area contributed by atoms with Gasteiger partial charge in [0, 0.05) is 49.3 Å². The topological polar surface area (TPSA) is 430 Å². The zero-order chi connectivity index (χ0) is 67.3. The Morgan fingerprint density at radius 1 is 0.522 bits per heavy atom. The van der Waals surface area contributed by atoms with Gasteiger partial charge in [0.15, 0.2) is 0 Å². The van der Waals surface area contributed by atoms with Crippen LogP contribution >= 0.6 is 0 Å². The Balaban J connectivity index is 1.46. The molecular formula is C65H90N14O13. The number of aromatic hydroxyl groups is 1. The Morgan fingerprint density at radius 3 is 1.60 bits per heavy atom. The number of hydrogen-bond donors (Lipinski definition) is 14. The van der Waals surface area contributed by atoms with Crippen molar-refractivity contribution in [1.82, 2.24) is 57.7 Å². The maximum atomic E-state index is 15.1. The zero-order valence-corrected chi connectivity index (χ0v) is 53.0. The second-order valence-electron chi connectivity index (χ2n) is 24.9. The number of primary amides is 2. The number of nitrogens with one attached hydrogen (secondary N) is 10. The number of hydrogen-bond acceptors (Lipinski definition) is 14. The van der Waals surface area contributed by atoms with Gasteiger partial charge in [0.25, 0.3) is 0 Å². The summed E-state index contributed by atoms with van der Waals surface area (Å²) in [5, 5.41) is 35.1. The summed E-state index contributed by atoms with van der Waals surface area (Å²) in [5.74, 6) is -11.9. The highest BCUT2D eigenvalue weighted by molar-refractivity contribution is 6.01. The third kappa shape index (κ3) is 21.1. The third-order valence-corrected chi connectivity index (χ3v) is 16.1. The smallest absolute Gasteiger partial charge is 0.246 e. The molecule has 12 amide bonds. The molecule has 0 saturated carbocycles. The van der Waals surface area contributed by atoms with Crippen LogP contribution < -0.4 is 65.1 Å². The molecular weight excluding hydrogens is 1180 g/mol. The van der Waals surface area contributed by atoms with Crippen molar-refractivity contribution in [3.05, 3.63) is 102 Å². The molecule has 1 aromatic heterocycles. The fourth-order valence-electron chi connectivity index (χ4n) is 11.3. The number of amides is 12. The minimum atomic E-state index is -1.85. The summed E-state index contributed by atoms with van der Waals surface area (Å²) >= 11 is 0. The van der Waals surface area contributed by atoms with E-state index in [1.165, 1.54) is 29.2 Å². The minimum absolute atomic E-state index is 0.0242. The van der Waals surface area contributed by atoms with E-state index >= 15 is 4.79 Å². The van der Waals surface area contributed by atoms with Crippen LogP contribution in [0.25, 0.3) is 10.9 Å². The van der Waals surface area contributed by atoms with Crippen molar-refractivity contribution in [2.24, 2.45) is 35.0 Å². The molecule has 10 atom stereocenters. The van der Waals surface area contributed by atoms with E-state index in [1.54, 1.807) is 74.6 Å². The van der Waals surface area contributed by atoms with Gasteiger partial charge in [0.1, 0.15) is 66.2 Å². The van der Waals surface area contributed by atoms with Gasteiger partial charge in [-0.2, -0.15) is 0 Å². The summed E-state index contributed by atoms with van der Waals surface area (Å²) < 4.78 is 0. The molecule has 0 radical (unpaired) electrons. The number of carbonyl (C=O) groups excluding carboxylic acids is 12. The predicted octanol–water partition coefficient (Wildman–Crippen LogP) is -0.103. The number of phenols is 1. The number of nitrogens with zero attached hydrogens (tertiary/aromatic N) is 1. The van der Waals surface area contributed by atoms with Gasteiger partial charge in [-0.25, -0.2) is 0 Å². The van der Waals surface area contributed by atoms with E-state index in [9.17, 15) is 57.8 Å². The lowest BCUT2D eigenvalue weighted by molar-refractivity contribution is -0.142. The van der Waals surface area contributed by atoms with Crippen LogP contribution in [-0.2, 0) is 76.8 Å². The average molecular weight is 1280 g/mol. The molecule has 4 aromatic rings. The lowest BCUT2D eigenvalue weighted by atomic mass is 9.98. The van der Waals surface area contributed by atoms with Gasteiger partial charge < -0.3 is 80.0 Å². The molecule has 92 heavy (non-hydrogen) atoms. The van der Waals surface area contributed by atoms with Crippen LogP contribution in [0.15, 0.2) is 85.1 Å². The van der Waals surface area contributed by atoms with Crippen LogP contribution in [0.5, 0.6) is 5.75 Å². The molecule has 0 unspecified atom stereocenters. The quantitative estimate of drug-likeness (QED) is 0.0583. The van der Waals surface area contributed by atoms with Crippen molar-refractivity contribution in [3.8, 4) is 5.75 Å². The predicted molar refractivity (Wildman–Crippen MR) is 340 cm³/mol. The van der Waals surface area contributed by atoms with Crippen molar-refractivity contribution in [1.29, 1.82) is 0 Å². The number of aromatic amines is 1. The first kappa shape index (κ1) is 71.7. The maximum absolute atomic E-state index is 15.1. The van der Waals surface area contributed by atoms with E-state index in [4.69, 9.17) is 17.2 Å². The summed E-state index contributed by atoms with van der Waals surface area (Å²) in [5.41, 5.74) is 19.4. The van der Waals surface area contributed by atoms with Gasteiger partial charge in [-0.15, -0.1) is 0 Å². The number of rotatable bonds is 19. The minimum Gasteiger partial charge on any atom is -0.508 e. The summed E-state index contributed by atoms with van der Waals surface area (Å²) in [6, 6.07) is 7.11. The first-order valence-electron chi connectivity index (χ1n) is 31.4. The molecule has 0 bridgehead atoms. The molecule has 2 saturated heterocycles. The van der Waals surface area contributed by atoms with E-state index in [0.29, 0.717) is 34.0 Å². The third-order valence-electron chi connectivity index (χ3n) is 16.1. The van der Waals surface area contributed by atoms with E-state index in [1.807, 2.05) is 27.7 Å². The van der Waals surface area contributed by atoms with E-state index in [0.717, 1.165) is 0 Å². The Labute approximate surface area is 534 Å².